The Labute approximate surface area is 66.8 Å². The van der Waals surface area contributed by atoms with Gasteiger partial charge in [0.1, 0.15) is 5.75 Å². The molecule has 5 heteroatoms. The summed E-state index contributed by atoms with van der Waals surface area (Å²) in [5.74, 6) is -0.0347. The summed E-state index contributed by atoms with van der Waals surface area (Å²) >= 11 is 5.44. The molecule has 2 nitrogen and oxygen atoms in total. The Morgan fingerprint density at radius 3 is 2.73 bits per heavy atom. The van der Waals surface area contributed by atoms with E-state index in [2.05, 4.69) is 9.72 Å². The zero-order chi connectivity index (χ0) is 8.27. The van der Waals surface area contributed by atoms with Gasteiger partial charge in [-0.2, -0.15) is 8.78 Å². The SMILES string of the molecule is FC(F)Oc1cncc(Cl)c1. The molecule has 0 unspecified atom stereocenters. The summed E-state index contributed by atoms with van der Waals surface area (Å²) in [5, 5.41) is 0.267. The molecular weight excluding hydrogens is 176 g/mol. The Hall–Kier alpha value is -0.900. The molecule has 1 heterocycles. The van der Waals surface area contributed by atoms with Gasteiger partial charge < -0.3 is 4.74 Å². The van der Waals surface area contributed by atoms with Gasteiger partial charge in [-0.05, 0) is 0 Å². The van der Waals surface area contributed by atoms with Gasteiger partial charge in [-0.25, -0.2) is 0 Å². The second-order valence-electron chi connectivity index (χ2n) is 1.72. The van der Waals surface area contributed by atoms with Crippen LogP contribution < -0.4 is 4.74 Å². The van der Waals surface area contributed by atoms with Crippen LogP contribution in [0.25, 0.3) is 0 Å². The lowest BCUT2D eigenvalue weighted by Gasteiger charge is -2.02. The zero-order valence-electron chi connectivity index (χ0n) is 5.30. The normalized spacial score (nSPS) is 10.2. The highest BCUT2D eigenvalue weighted by atomic mass is 35.5. The molecule has 0 amide bonds. The van der Waals surface area contributed by atoms with E-state index in [1.54, 1.807) is 0 Å². The summed E-state index contributed by atoms with van der Waals surface area (Å²) in [5.41, 5.74) is 0. The molecule has 0 fully saturated rings. The van der Waals surface area contributed by atoms with E-state index >= 15 is 0 Å². The quantitative estimate of drug-likeness (QED) is 0.695. The lowest BCUT2D eigenvalue weighted by molar-refractivity contribution is -0.0500. The van der Waals surface area contributed by atoms with Gasteiger partial charge in [0.05, 0.1) is 11.2 Å². The molecule has 0 aliphatic rings. The highest BCUT2D eigenvalue weighted by Crippen LogP contribution is 2.16. The van der Waals surface area contributed by atoms with Crippen molar-refractivity contribution in [2.75, 3.05) is 0 Å². The minimum atomic E-state index is -2.84. The van der Waals surface area contributed by atoms with Crippen LogP contribution in [0.5, 0.6) is 5.75 Å². The van der Waals surface area contributed by atoms with Crippen LogP contribution in [0.15, 0.2) is 18.5 Å². The molecule has 0 N–H and O–H groups in total. The molecule has 1 aromatic heterocycles. The Balaban J connectivity index is 2.71. The van der Waals surface area contributed by atoms with Crippen molar-refractivity contribution in [2.24, 2.45) is 0 Å². The molecule has 0 aliphatic heterocycles. The molecule has 0 radical (unpaired) electrons. The Morgan fingerprint density at radius 2 is 2.18 bits per heavy atom. The van der Waals surface area contributed by atoms with Gasteiger partial charge in [0.25, 0.3) is 0 Å². The van der Waals surface area contributed by atoms with Crippen molar-refractivity contribution < 1.29 is 13.5 Å². The van der Waals surface area contributed by atoms with Crippen LogP contribution >= 0.6 is 11.6 Å². The van der Waals surface area contributed by atoms with Gasteiger partial charge in [0.2, 0.25) is 0 Å². The summed E-state index contributed by atoms with van der Waals surface area (Å²) in [4.78, 5) is 3.55. The van der Waals surface area contributed by atoms with Crippen molar-refractivity contribution in [3.05, 3.63) is 23.5 Å². The molecule has 0 aromatic carbocycles. The van der Waals surface area contributed by atoms with E-state index in [0.717, 1.165) is 6.20 Å². The van der Waals surface area contributed by atoms with Crippen LogP contribution in [0.4, 0.5) is 8.78 Å². The van der Waals surface area contributed by atoms with Crippen LogP contribution in [0.3, 0.4) is 0 Å². The second kappa shape index (κ2) is 3.48. The monoisotopic (exact) mass is 179 g/mol. The molecule has 1 aromatic rings. The van der Waals surface area contributed by atoms with Gasteiger partial charge in [-0.1, -0.05) is 11.6 Å². The summed E-state index contributed by atoms with van der Waals surface area (Å²) in [6, 6.07) is 1.26. The summed E-state index contributed by atoms with van der Waals surface area (Å²) in [6.07, 6.45) is 2.50. The van der Waals surface area contributed by atoms with E-state index in [1.165, 1.54) is 12.3 Å². The zero-order valence-corrected chi connectivity index (χ0v) is 6.05. The number of halogens is 3. The van der Waals surface area contributed by atoms with Gasteiger partial charge in [0.15, 0.2) is 0 Å². The van der Waals surface area contributed by atoms with Gasteiger partial charge >= 0.3 is 6.61 Å². The average Bonchev–Trinajstić information content (AvgIpc) is 1.85. The van der Waals surface area contributed by atoms with Crippen LogP contribution in [-0.4, -0.2) is 11.6 Å². The lowest BCUT2D eigenvalue weighted by Crippen LogP contribution is -2.01. The maximum atomic E-state index is 11.6. The first kappa shape index (κ1) is 8.20. The van der Waals surface area contributed by atoms with Crippen molar-refractivity contribution in [1.29, 1.82) is 0 Å². The van der Waals surface area contributed by atoms with Crippen molar-refractivity contribution >= 4 is 11.6 Å². The second-order valence-corrected chi connectivity index (χ2v) is 2.15. The predicted octanol–water partition coefficient (Wildman–Crippen LogP) is 2.34. The molecule has 0 atom stereocenters. The Kier molecular flexibility index (Phi) is 2.59. The third-order valence-corrected chi connectivity index (χ3v) is 1.11. The molecule has 0 spiro atoms. The summed E-state index contributed by atoms with van der Waals surface area (Å²) in [6.45, 7) is -2.84. The predicted molar refractivity (Wildman–Crippen MR) is 35.9 cm³/mol. The maximum Gasteiger partial charge on any atom is 0.387 e. The van der Waals surface area contributed by atoms with Crippen LogP contribution in [0.2, 0.25) is 5.02 Å². The first-order chi connectivity index (χ1) is 5.18. The molecule has 0 bridgehead atoms. The highest BCUT2D eigenvalue weighted by Gasteiger charge is 2.03. The standard InChI is InChI=1S/C6H4ClF2NO/c7-4-1-5(3-10-2-4)11-6(8)9/h1-3,6H. The number of hydrogen-bond donors (Lipinski definition) is 0. The fraction of sp³-hybridized carbons (Fsp3) is 0.167. The number of nitrogens with zero attached hydrogens (tertiary/aromatic N) is 1. The minimum absolute atomic E-state index is 0.0347. The fourth-order valence-corrected chi connectivity index (χ4v) is 0.724. The molecule has 1 rings (SSSR count). The van der Waals surface area contributed by atoms with Crippen LogP contribution in [0, 0.1) is 0 Å². The minimum Gasteiger partial charge on any atom is -0.433 e. The third-order valence-electron chi connectivity index (χ3n) is 0.905. The number of pyridine rings is 1. The van der Waals surface area contributed by atoms with Crippen molar-refractivity contribution in [3.8, 4) is 5.75 Å². The van der Waals surface area contributed by atoms with Crippen LogP contribution in [-0.2, 0) is 0 Å². The van der Waals surface area contributed by atoms with E-state index in [4.69, 9.17) is 11.6 Å². The lowest BCUT2D eigenvalue weighted by atomic mass is 10.5. The number of aromatic nitrogens is 1. The van der Waals surface area contributed by atoms with Gasteiger partial charge in [-0.3, -0.25) is 4.98 Å². The molecule has 0 saturated heterocycles. The van der Waals surface area contributed by atoms with Gasteiger partial charge in [0, 0.05) is 12.3 Å². The van der Waals surface area contributed by atoms with Crippen molar-refractivity contribution in [2.45, 2.75) is 6.61 Å². The van der Waals surface area contributed by atoms with E-state index in [9.17, 15) is 8.78 Å². The van der Waals surface area contributed by atoms with E-state index in [1.807, 2.05) is 0 Å². The summed E-state index contributed by atoms with van der Waals surface area (Å²) < 4.78 is 27.1. The molecule has 0 saturated carbocycles. The average molecular weight is 180 g/mol. The maximum absolute atomic E-state index is 11.6. The van der Waals surface area contributed by atoms with Crippen molar-refractivity contribution in [1.82, 2.24) is 4.98 Å². The van der Waals surface area contributed by atoms with E-state index in [0.29, 0.717) is 0 Å². The van der Waals surface area contributed by atoms with Gasteiger partial charge in [-0.15, -0.1) is 0 Å². The fourth-order valence-electron chi connectivity index (χ4n) is 0.560. The number of rotatable bonds is 2. The molecule has 11 heavy (non-hydrogen) atoms. The Morgan fingerprint density at radius 1 is 1.45 bits per heavy atom. The number of alkyl halides is 2. The topological polar surface area (TPSA) is 22.1 Å². The number of ether oxygens (including phenoxy) is 1. The largest absolute Gasteiger partial charge is 0.433 e. The first-order valence-electron chi connectivity index (χ1n) is 2.74. The molecule has 0 aliphatic carbocycles. The first-order valence-corrected chi connectivity index (χ1v) is 3.11. The smallest absolute Gasteiger partial charge is 0.387 e. The highest BCUT2D eigenvalue weighted by molar-refractivity contribution is 6.30. The van der Waals surface area contributed by atoms with Crippen molar-refractivity contribution in [3.63, 3.8) is 0 Å². The Bertz CT molecular complexity index is 244. The van der Waals surface area contributed by atoms with E-state index < -0.39 is 6.61 Å². The summed E-state index contributed by atoms with van der Waals surface area (Å²) in [7, 11) is 0. The van der Waals surface area contributed by atoms with E-state index in [-0.39, 0.29) is 10.8 Å². The number of hydrogen-bond acceptors (Lipinski definition) is 2. The molecule has 60 valence electrons. The van der Waals surface area contributed by atoms with Crippen LogP contribution in [0.1, 0.15) is 0 Å². The third kappa shape index (κ3) is 2.67. The molecular formula is C6H4ClF2NO.